The Labute approximate surface area is 103 Å². The number of benzene rings is 1. The monoisotopic (exact) mass is 232 g/mol. The Morgan fingerprint density at radius 1 is 1.29 bits per heavy atom. The van der Waals surface area contributed by atoms with Crippen molar-refractivity contribution < 1.29 is 9.53 Å². The first kappa shape index (κ1) is 13.5. The molecule has 0 radical (unpaired) electrons. The second kappa shape index (κ2) is 7.66. The maximum Gasteiger partial charge on any atom is 0.153 e. The molecule has 0 bridgehead atoms. The lowest BCUT2D eigenvalue weighted by molar-refractivity contribution is 0.111. The third-order valence-corrected chi connectivity index (χ3v) is 2.67. The highest BCUT2D eigenvalue weighted by Crippen LogP contribution is 2.22. The molecule has 2 heteroatoms. The van der Waals surface area contributed by atoms with Crippen LogP contribution in [0.3, 0.4) is 0 Å². The molecular formula is C15H20O2. The number of aldehydes is 1. The Hall–Kier alpha value is -1.57. The summed E-state index contributed by atoms with van der Waals surface area (Å²) in [5.74, 6) is 0.728. The summed E-state index contributed by atoms with van der Waals surface area (Å²) in [7, 11) is 0. The normalized spacial score (nSPS) is 9.94. The molecule has 0 spiro atoms. The van der Waals surface area contributed by atoms with Crippen LogP contribution in [0.1, 0.15) is 41.6 Å². The largest absolute Gasteiger partial charge is 0.493 e. The molecule has 1 aromatic rings. The fourth-order valence-corrected chi connectivity index (χ4v) is 1.71. The fraction of sp³-hybridized carbons (Fsp3) is 0.400. The van der Waals surface area contributed by atoms with E-state index in [9.17, 15) is 4.79 Å². The minimum Gasteiger partial charge on any atom is -0.493 e. The lowest BCUT2D eigenvalue weighted by atomic mass is 10.1. The molecule has 0 fully saturated rings. The van der Waals surface area contributed by atoms with E-state index in [1.807, 2.05) is 25.1 Å². The minimum absolute atomic E-state index is 0.635. The van der Waals surface area contributed by atoms with Gasteiger partial charge >= 0.3 is 0 Å². The van der Waals surface area contributed by atoms with Crippen molar-refractivity contribution in [1.29, 1.82) is 0 Å². The topological polar surface area (TPSA) is 26.3 Å². The van der Waals surface area contributed by atoms with E-state index in [0.717, 1.165) is 43.3 Å². The standard InChI is InChI=1S/C15H20O2/c1-3-4-5-6-7-11-17-15-13(2)9-8-10-14(15)12-16/h3,8-10,12H,1,4-7,11H2,2H3. The first-order chi connectivity index (χ1) is 8.29. The van der Waals surface area contributed by atoms with E-state index in [-0.39, 0.29) is 0 Å². The van der Waals surface area contributed by atoms with E-state index in [0.29, 0.717) is 12.2 Å². The molecule has 17 heavy (non-hydrogen) atoms. The highest BCUT2D eigenvalue weighted by Gasteiger charge is 2.05. The Kier molecular flexibility index (Phi) is 6.08. The number of ether oxygens (including phenoxy) is 1. The van der Waals surface area contributed by atoms with Crippen molar-refractivity contribution in [3.63, 3.8) is 0 Å². The maximum absolute atomic E-state index is 10.9. The molecule has 92 valence electrons. The number of hydrogen-bond acceptors (Lipinski definition) is 2. The molecule has 0 saturated carbocycles. The lowest BCUT2D eigenvalue weighted by Crippen LogP contribution is -2.01. The van der Waals surface area contributed by atoms with E-state index in [4.69, 9.17) is 4.74 Å². The zero-order valence-electron chi connectivity index (χ0n) is 10.4. The molecule has 1 rings (SSSR count). The van der Waals surface area contributed by atoms with Crippen LogP contribution in [-0.2, 0) is 0 Å². The molecule has 0 atom stereocenters. The van der Waals surface area contributed by atoms with Crippen molar-refractivity contribution >= 4 is 6.29 Å². The van der Waals surface area contributed by atoms with E-state index < -0.39 is 0 Å². The summed E-state index contributed by atoms with van der Waals surface area (Å²) in [4.78, 5) is 10.9. The number of hydrogen-bond donors (Lipinski definition) is 0. The zero-order valence-corrected chi connectivity index (χ0v) is 10.4. The van der Waals surface area contributed by atoms with Gasteiger partial charge in [0.05, 0.1) is 12.2 Å². The predicted octanol–water partition coefficient (Wildman–Crippen LogP) is 3.93. The quantitative estimate of drug-likeness (QED) is 0.385. The van der Waals surface area contributed by atoms with Crippen LogP contribution in [0.4, 0.5) is 0 Å². The summed E-state index contributed by atoms with van der Waals surface area (Å²) in [6, 6.07) is 5.61. The van der Waals surface area contributed by atoms with Crippen molar-refractivity contribution in [3.8, 4) is 5.75 Å². The van der Waals surface area contributed by atoms with Gasteiger partial charge in [-0.3, -0.25) is 4.79 Å². The van der Waals surface area contributed by atoms with Crippen LogP contribution in [0.25, 0.3) is 0 Å². The lowest BCUT2D eigenvalue weighted by Gasteiger charge is -2.10. The van der Waals surface area contributed by atoms with Crippen LogP contribution in [0.15, 0.2) is 30.9 Å². The van der Waals surface area contributed by atoms with Gasteiger partial charge in [0.15, 0.2) is 6.29 Å². The highest BCUT2D eigenvalue weighted by molar-refractivity contribution is 5.80. The van der Waals surface area contributed by atoms with Crippen molar-refractivity contribution in [2.45, 2.75) is 32.6 Å². The average Bonchev–Trinajstić information content (AvgIpc) is 2.35. The van der Waals surface area contributed by atoms with Gasteiger partial charge in [0.2, 0.25) is 0 Å². The summed E-state index contributed by atoms with van der Waals surface area (Å²) in [6.07, 6.45) is 7.15. The van der Waals surface area contributed by atoms with Gasteiger partial charge in [-0.1, -0.05) is 18.2 Å². The first-order valence-electron chi connectivity index (χ1n) is 6.08. The van der Waals surface area contributed by atoms with Gasteiger partial charge in [0, 0.05) is 0 Å². The van der Waals surface area contributed by atoms with Gasteiger partial charge in [-0.05, 0) is 44.2 Å². The smallest absolute Gasteiger partial charge is 0.153 e. The number of aryl methyl sites for hydroxylation is 1. The van der Waals surface area contributed by atoms with E-state index in [2.05, 4.69) is 6.58 Å². The Morgan fingerprint density at radius 2 is 2.12 bits per heavy atom. The Balaban J connectivity index is 2.40. The first-order valence-corrected chi connectivity index (χ1v) is 6.08. The number of allylic oxidation sites excluding steroid dienone is 1. The number of rotatable bonds is 8. The van der Waals surface area contributed by atoms with Crippen LogP contribution < -0.4 is 4.74 Å². The molecule has 0 aliphatic heterocycles. The molecule has 0 aromatic heterocycles. The highest BCUT2D eigenvalue weighted by atomic mass is 16.5. The van der Waals surface area contributed by atoms with Crippen LogP contribution in [0, 0.1) is 6.92 Å². The SMILES string of the molecule is C=CCCCCCOc1c(C)cccc1C=O. The van der Waals surface area contributed by atoms with Gasteiger partial charge in [0.25, 0.3) is 0 Å². The fourth-order valence-electron chi connectivity index (χ4n) is 1.71. The van der Waals surface area contributed by atoms with E-state index in [1.54, 1.807) is 6.07 Å². The van der Waals surface area contributed by atoms with Crippen LogP contribution >= 0.6 is 0 Å². The molecule has 0 amide bonds. The molecule has 0 unspecified atom stereocenters. The van der Waals surface area contributed by atoms with E-state index >= 15 is 0 Å². The Morgan fingerprint density at radius 3 is 2.82 bits per heavy atom. The third kappa shape index (κ3) is 4.43. The van der Waals surface area contributed by atoms with Gasteiger partial charge < -0.3 is 4.74 Å². The number of carbonyl (C=O) groups is 1. The molecule has 2 nitrogen and oxygen atoms in total. The molecule has 0 N–H and O–H groups in total. The van der Waals surface area contributed by atoms with Gasteiger partial charge in [-0.2, -0.15) is 0 Å². The summed E-state index contributed by atoms with van der Waals surface area (Å²) >= 11 is 0. The second-order valence-electron chi connectivity index (χ2n) is 4.10. The predicted molar refractivity (Wildman–Crippen MR) is 70.7 cm³/mol. The van der Waals surface area contributed by atoms with Crippen LogP contribution in [-0.4, -0.2) is 12.9 Å². The summed E-state index contributed by atoms with van der Waals surface area (Å²) in [6.45, 7) is 6.32. The number of unbranched alkanes of at least 4 members (excludes halogenated alkanes) is 3. The van der Waals surface area contributed by atoms with Gasteiger partial charge in [-0.15, -0.1) is 6.58 Å². The maximum atomic E-state index is 10.9. The average molecular weight is 232 g/mol. The molecule has 1 aromatic carbocycles. The molecule has 0 aliphatic rings. The van der Waals surface area contributed by atoms with Crippen molar-refractivity contribution in [2.75, 3.05) is 6.61 Å². The number of para-hydroxylation sites is 1. The summed E-state index contributed by atoms with van der Waals surface area (Å²) in [5, 5.41) is 0. The van der Waals surface area contributed by atoms with Crippen LogP contribution in [0.5, 0.6) is 5.75 Å². The van der Waals surface area contributed by atoms with Crippen molar-refractivity contribution in [1.82, 2.24) is 0 Å². The summed E-state index contributed by atoms with van der Waals surface area (Å²) in [5.41, 5.74) is 1.65. The number of carbonyl (C=O) groups excluding carboxylic acids is 1. The molecule has 0 aliphatic carbocycles. The van der Waals surface area contributed by atoms with E-state index in [1.165, 1.54) is 0 Å². The van der Waals surface area contributed by atoms with Gasteiger partial charge in [-0.25, -0.2) is 0 Å². The second-order valence-corrected chi connectivity index (χ2v) is 4.10. The molecule has 0 heterocycles. The molecular weight excluding hydrogens is 212 g/mol. The van der Waals surface area contributed by atoms with Crippen molar-refractivity contribution in [2.24, 2.45) is 0 Å². The Bertz CT molecular complexity index is 369. The third-order valence-electron chi connectivity index (χ3n) is 2.67. The molecule has 0 saturated heterocycles. The van der Waals surface area contributed by atoms with Gasteiger partial charge in [0.1, 0.15) is 5.75 Å². The van der Waals surface area contributed by atoms with Crippen LogP contribution in [0.2, 0.25) is 0 Å². The summed E-state index contributed by atoms with van der Waals surface area (Å²) < 4.78 is 5.68. The van der Waals surface area contributed by atoms with Crippen molar-refractivity contribution in [3.05, 3.63) is 42.0 Å². The zero-order chi connectivity index (χ0) is 12.5. The minimum atomic E-state index is 0.635.